The van der Waals surface area contributed by atoms with Gasteiger partial charge in [0.25, 0.3) is 5.91 Å². The van der Waals surface area contributed by atoms with E-state index in [0.717, 1.165) is 20.4 Å². The van der Waals surface area contributed by atoms with Crippen molar-refractivity contribution in [2.45, 2.75) is 6.92 Å². The first-order valence-corrected chi connectivity index (χ1v) is 7.67. The number of carbonyl (C=O) groups is 1. The van der Waals surface area contributed by atoms with Crippen LogP contribution in [-0.4, -0.2) is 12.5 Å². The minimum atomic E-state index is -0.156. The zero-order valence-electron chi connectivity index (χ0n) is 10.8. The number of anilines is 1. The molecule has 0 unspecified atom stereocenters. The Hall–Kier alpha value is -1.33. The topological polar surface area (TPSA) is 38.3 Å². The van der Waals surface area contributed by atoms with Crippen LogP contribution in [0.4, 0.5) is 5.69 Å². The minimum absolute atomic E-state index is 0.156. The molecule has 2 aromatic rings. The van der Waals surface area contributed by atoms with Crippen LogP contribution in [0.5, 0.6) is 5.75 Å². The Balaban J connectivity index is 2.10. The maximum absolute atomic E-state index is 12.1. The average Bonchev–Trinajstić information content (AvgIpc) is 2.40. The number of ether oxygens (including phenoxy) is 1. The van der Waals surface area contributed by atoms with Crippen LogP contribution in [0, 0.1) is 0 Å². The molecule has 2 aromatic carbocycles. The van der Waals surface area contributed by atoms with Crippen molar-refractivity contribution in [3.8, 4) is 5.75 Å². The highest BCUT2D eigenvalue weighted by molar-refractivity contribution is 9.11. The average molecular weight is 399 g/mol. The van der Waals surface area contributed by atoms with E-state index in [1.165, 1.54) is 0 Å². The van der Waals surface area contributed by atoms with Crippen LogP contribution < -0.4 is 10.1 Å². The summed E-state index contributed by atoms with van der Waals surface area (Å²) in [4.78, 5) is 12.1. The Labute approximate surface area is 134 Å². The molecule has 20 heavy (non-hydrogen) atoms. The number of rotatable bonds is 4. The second-order valence-electron chi connectivity index (χ2n) is 4.07. The van der Waals surface area contributed by atoms with Gasteiger partial charge >= 0.3 is 0 Å². The minimum Gasteiger partial charge on any atom is -0.494 e. The molecule has 0 bridgehead atoms. The van der Waals surface area contributed by atoms with Crippen LogP contribution in [0.2, 0.25) is 0 Å². The Morgan fingerprint density at radius 2 is 1.70 bits per heavy atom. The van der Waals surface area contributed by atoms with Gasteiger partial charge in [-0.05, 0) is 49.4 Å². The lowest BCUT2D eigenvalue weighted by molar-refractivity contribution is 0.102. The first kappa shape index (κ1) is 15.1. The van der Waals surface area contributed by atoms with Gasteiger partial charge in [0.05, 0.1) is 6.61 Å². The Bertz CT molecular complexity index is 592. The summed E-state index contributed by atoms with van der Waals surface area (Å²) in [5.74, 6) is 0.631. The molecular formula is C15H13Br2NO2. The van der Waals surface area contributed by atoms with Gasteiger partial charge in [-0.25, -0.2) is 0 Å². The number of hydrogen-bond acceptors (Lipinski definition) is 2. The standard InChI is InChI=1S/C15H13Br2NO2/c1-2-20-14-5-3-13(4-6-14)18-15(19)10-7-11(16)9-12(17)8-10/h3-9H,2H2,1H3,(H,18,19). The molecule has 5 heteroatoms. The summed E-state index contributed by atoms with van der Waals surface area (Å²) in [6, 6.07) is 12.7. The fourth-order valence-corrected chi connectivity index (χ4v) is 2.98. The van der Waals surface area contributed by atoms with Gasteiger partial charge in [0, 0.05) is 20.2 Å². The van der Waals surface area contributed by atoms with Crippen LogP contribution in [0.25, 0.3) is 0 Å². The Morgan fingerprint density at radius 3 is 2.25 bits per heavy atom. The zero-order chi connectivity index (χ0) is 14.5. The normalized spacial score (nSPS) is 10.2. The van der Waals surface area contributed by atoms with Crippen LogP contribution in [0.1, 0.15) is 17.3 Å². The van der Waals surface area contributed by atoms with E-state index in [1.807, 2.05) is 37.3 Å². The SMILES string of the molecule is CCOc1ccc(NC(=O)c2cc(Br)cc(Br)c2)cc1. The van der Waals surface area contributed by atoms with E-state index in [4.69, 9.17) is 4.74 Å². The van der Waals surface area contributed by atoms with Crippen molar-refractivity contribution < 1.29 is 9.53 Å². The van der Waals surface area contributed by atoms with Crippen LogP contribution in [0.15, 0.2) is 51.4 Å². The fourth-order valence-electron chi connectivity index (χ4n) is 1.69. The van der Waals surface area contributed by atoms with Crippen LogP contribution >= 0.6 is 31.9 Å². The Kier molecular flexibility index (Phi) is 5.20. The van der Waals surface area contributed by atoms with E-state index in [0.29, 0.717) is 12.2 Å². The molecule has 2 rings (SSSR count). The van der Waals surface area contributed by atoms with Crippen molar-refractivity contribution in [2.24, 2.45) is 0 Å². The van der Waals surface area contributed by atoms with Crippen molar-refractivity contribution in [3.63, 3.8) is 0 Å². The molecule has 0 aliphatic carbocycles. The van der Waals surface area contributed by atoms with Gasteiger partial charge in [0.2, 0.25) is 0 Å². The molecule has 1 amide bonds. The zero-order valence-corrected chi connectivity index (χ0v) is 14.0. The molecule has 0 saturated heterocycles. The highest BCUT2D eigenvalue weighted by Crippen LogP contribution is 2.21. The molecule has 1 N–H and O–H groups in total. The summed E-state index contributed by atoms with van der Waals surface area (Å²) in [6.45, 7) is 2.55. The highest BCUT2D eigenvalue weighted by Gasteiger charge is 2.08. The quantitative estimate of drug-likeness (QED) is 0.798. The lowest BCUT2D eigenvalue weighted by atomic mass is 10.2. The molecule has 0 aromatic heterocycles. The number of amides is 1. The molecule has 0 saturated carbocycles. The molecule has 3 nitrogen and oxygen atoms in total. The smallest absolute Gasteiger partial charge is 0.255 e. The largest absolute Gasteiger partial charge is 0.494 e. The summed E-state index contributed by atoms with van der Waals surface area (Å²) in [5.41, 5.74) is 1.31. The van der Waals surface area contributed by atoms with Crippen molar-refractivity contribution in [1.29, 1.82) is 0 Å². The van der Waals surface area contributed by atoms with E-state index in [1.54, 1.807) is 12.1 Å². The third-order valence-electron chi connectivity index (χ3n) is 2.55. The molecule has 0 heterocycles. The summed E-state index contributed by atoms with van der Waals surface area (Å²) in [5, 5.41) is 2.85. The fraction of sp³-hybridized carbons (Fsp3) is 0.133. The van der Waals surface area contributed by atoms with Crippen molar-refractivity contribution in [2.75, 3.05) is 11.9 Å². The second-order valence-corrected chi connectivity index (χ2v) is 5.90. The molecule has 0 atom stereocenters. The van der Waals surface area contributed by atoms with Gasteiger partial charge in [-0.3, -0.25) is 4.79 Å². The van der Waals surface area contributed by atoms with Gasteiger partial charge < -0.3 is 10.1 Å². The van der Waals surface area contributed by atoms with Crippen molar-refractivity contribution in [1.82, 2.24) is 0 Å². The lowest BCUT2D eigenvalue weighted by Crippen LogP contribution is -2.11. The van der Waals surface area contributed by atoms with Gasteiger partial charge in [-0.2, -0.15) is 0 Å². The maximum Gasteiger partial charge on any atom is 0.255 e. The maximum atomic E-state index is 12.1. The number of nitrogens with one attached hydrogen (secondary N) is 1. The van der Waals surface area contributed by atoms with E-state index < -0.39 is 0 Å². The molecule has 0 radical (unpaired) electrons. The van der Waals surface area contributed by atoms with Crippen LogP contribution in [-0.2, 0) is 0 Å². The van der Waals surface area contributed by atoms with Gasteiger partial charge in [0.15, 0.2) is 0 Å². The number of hydrogen-bond donors (Lipinski definition) is 1. The number of carbonyl (C=O) groups excluding carboxylic acids is 1. The summed E-state index contributed by atoms with van der Waals surface area (Å²) in [6.07, 6.45) is 0. The predicted octanol–water partition coefficient (Wildman–Crippen LogP) is 4.86. The van der Waals surface area contributed by atoms with Gasteiger partial charge in [-0.15, -0.1) is 0 Å². The number of benzene rings is 2. The van der Waals surface area contributed by atoms with E-state index in [2.05, 4.69) is 37.2 Å². The first-order chi connectivity index (χ1) is 9.58. The monoisotopic (exact) mass is 397 g/mol. The summed E-state index contributed by atoms with van der Waals surface area (Å²) in [7, 11) is 0. The molecule has 104 valence electrons. The lowest BCUT2D eigenvalue weighted by Gasteiger charge is -2.08. The Morgan fingerprint density at radius 1 is 1.10 bits per heavy atom. The third-order valence-corrected chi connectivity index (χ3v) is 3.46. The van der Waals surface area contributed by atoms with Crippen molar-refractivity contribution in [3.05, 3.63) is 57.0 Å². The highest BCUT2D eigenvalue weighted by atomic mass is 79.9. The molecule has 0 aliphatic heterocycles. The van der Waals surface area contributed by atoms with E-state index in [-0.39, 0.29) is 5.91 Å². The van der Waals surface area contributed by atoms with E-state index in [9.17, 15) is 4.79 Å². The molecule has 0 spiro atoms. The second kappa shape index (κ2) is 6.90. The summed E-state index contributed by atoms with van der Waals surface area (Å²) < 4.78 is 7.06. The third kappa shape index (κ3) is 4.08. The first-order valence-electron chi connectivity index (χ1n) is 6.09. The molecule has 0 fully saturated rings. The predicted molar refractivity (Wildman–Crippen MR) is 87.4 cm³/mol. The van der Waals surface area contributed by atoms with E-state index >= 15 is 0 Å². The molecule has 0 aliphatic rings. The van der Waals surface area contributed by atoms with Gasteiger partial charge in [-0.1, -0.05) is 31.9 Å². The van der Waals surface area contributed by atoms with Crippen molar-refractivity contribution >= 4 is 43.5 Å². The number of halogens is 2. The summed E-state index contributed by atoms with van der Waals surface area (Å²) >= 11 is 6.73. The van der Waals surface area contributed by atoms with Crippen LogP contribution in [0.3, 0.4) is 0 Å². The van der Waals surface area contributed by atoms with Gasteiger partial charge in [0.1, 0.15) is 5.75 Å². The molecular weight excluding hydrogens is 386 g/mol.